The van der Waals surface area contributed by atoms with E-state index >= 15 is 0 Å². The summed E-state index contributed by atoms with van der Waals surface area (Å²) in [6.07, 6.45) is -0.195. The second-order valence-corrected chi connectivity index (χ2v) is 8.37. The Hall–Kier alpha value is -2.83. The van der Waals surface area contributed by atoms with Crippen molar-refractivity contribution in [2.45, 2.75) is 19.1 Å². The van der Waals surface area contributed by atoms with Gasteiger partial charge in [0.05, 0.1) is 19.3 Å². The van der Waals surface area contributed by atoms with Crippen LogP contribution in [0.15, 0.2) is 77.3 Å². The van der Waals surface area contributed by atoms with Gasteiger partial charge >= 0.3 is 5.97 Å². The first kappa shape index (κ1) is 21.4. The molecule has 0 fully saturated rings. The molecule has 3 atom stereocenters. The van der Waals surface area contributed by atoms with Crippen LogP contribution in [0.25, 0.3) is 0 Å². The van der Waals surface area contributed by atoms with Crippen LogP contribution in [0.3, 0.4) is 0 Å². The molecule has 160 valence electrons. The van der Waals surface area contributed by atoms with E-state index < -0.39 is 0 Å². The number of hydrogen-bond acceptors (Lipinski definition) is 4. The Labute approximate surface area is 191 Å². The summed E-state index contributed by atoms with van der Waals surface area (Å²) in [7, 11) is 1.67. The van der Waals surface area contributed by atoms with E-state index in [1.165, 1.54) is 0 Å². The molecule has 1 aliphatic rings. The fraction of sp³-hybridized carbons (Fsp3) is 0.240. The zero-order valence-electron chi connectivity index (χ0n) is 17.6. The summed E-state index contributed by atoms with van der Waals surface area (Å²) >= 11 is 3.62. The smallest absolute Gasteiger partial charge is 0.361 e. The number of rotatable bonds is 6. The van der Waals surface area contributed by atoms with Crippen LogP contribution < -0.4 is 15.0 Å². The summed E-state index contributed by atoms with van der Waals surface area (Å²) in [5, 5.41) is 3.67. The molecule has 6 heteroatoms. The molecule has 1 unspecified atom stereocenters. The Morgan fingerprint density at radius 2 is 1.77 bits per heavy atom. The number of nitrogens with one attached hydrogen (secondary N) is 2. The third-order valence-electron chi connectivity index (χ3n) is 5.60. The molecular formula is C25H26BrN2O3+. The molecule has 0 aromatic heterocycles. The lowest BCUT2D eigenvalue weighted by Gasteiger charge is -2.41. The number of benzene rings is 3. The van der Waals surface area contributed by atoms with E-state index in [1.54, 1.807) is 7.11 Å². The maximum atomic E-state index is 12.7. The van der Waals surface area contributed by atoms with Gasteiger partial charge in [-0.3, -0.25) is 4.90 Å². The monoisotopic (exact) mass is 481 g/mol. The first-order valence-corrected chi connectivity index (χ1v) is 11.2. The highest BCUT2D eigenvalue weighted by molar-refractivity contribution is 9.10. The average Bonchev–Trinajstić information content (AvgIpc) is 2.79. The van der Waals surface area contributed by atoms with Gasteiger partial charge in [-0.1, -0.05) is 58.4 Å². The number of methoxy groups -OCH3 is 1. The predicted octanol–water partition coefficient (Wildman–Crippen LogP) is 4.12. The van der Waals surface area contributed by atoms with Gasteiger partial charge < -0.3 is 14.8 Å². The Kier molecular flexibility index (Phi) is 6.59. The lowest BCUT2D eigenvalue weighted by atomic mass is 9.91. The number of fused-ring (bicyclic) bond motifs is 1. The van der Waals surface area contributed by atoms with Crippen molar-refractivity contribution < 1.29 is 19.2 Å². The van der Waals surface area contributed by atoms with E-state index in [1.807, 2.05) is 55.5 Å². The number of halogens is 1. The topological polar surface area (TPSA) is 52.0 Å². The van der Waals surface area contributed by atoms with Gasteiger partial charge in [0.1, 0.15) is 11.8 Å². The summed E-state index contributed by atoms with van der Waals surface area (Å²) in [5.41, 5.74) is 4.31. The summed E-state index contributed by atoms with van der Waals surface area (Å²) in [6.45, 7) is 2.41. The normalized spacial score (nSPS) is 19.8. The van der Waals surface area contributed by atoms with E-state index in [2.05, 4.69) is 45.5 Å². The number of carbonyl (C=O) groups excluding carboxylic acids is 1. The Balaban J connectivity index is 1.90. The van der Waals surface area contributed by atoms with Gasteiger partial charge in [0, 0.05) is 21.3 Å². The Morgan fingerprint density at radius 3 is 2.52 bits per heavy atom. The standard InChI is InChI=1S/C25H25BrN2O3/c1-3-31-23(29)16-28-24(17-9-5-4-6-10-17)20-15-18(26)13-14-21(20)27-25(28)19-11-7-8-12-22(19)30-2/h4-15,24-25,27H,3,16H2,1-2H3/p+1/t24-,25+/m0/s1. The van der Waals surface area contributed by atoms with Crippen molar-refractivity contribution in [2.75, 3.05) is 25.6 Å². The molecule has 0 spiro atoms. The lowest BCUT2D eigenvalue weighted by molar-refractivity contribution is -0.947. The number of quaternary nitrogens is 1. The van der Waals surface area contributed by atoms with Gasteiger partial charge in [-0.2, -0.15) is 0 Å². The number of ether oxygens (including phenoxy) is 2. The van der Waals surface area contributed by atoms with Gasteiger partial charge in [-0.15, -0.1) is 0 Å². The van der Waals surface area contributed by atoms with Gasteiger partial charge in [-0.25, -0.2) is 4.79 Å². The molecule has 1 aliphatic heterocycles. The first-order chi connectivity index (χ1) is 15.1. The van der Waals surface area contributed by atoms with E-state index in [9.17, 15) is 4.79 Å². The second-order valence-electron chi connectivity index (χ2n) is 7.45. The second kappa shape index (κ2) is 9.54. The molecular weight excluding hydrogens is 456 g/mol. The van der Waals surface area contributed by atoms with Gasteiger partial charge in [0.15, 0.2) is 12.7 Å². The van der Waals surface area contributed by atoms with Gasteiger partial charge in [0.25, 0.3) is 0 Å². The molecule has 3 aromatic carbocycles. The molecule has 0 bridgehead atoms. The molecule has 0 aliphatic carbocycles. The van der Waals surface area contributed by atoms with Gasteiger partial charge in [0.2, 0.25) is 0 Å². The molecule has 31 heavy (non-hydrogen) atoms. The number of anilines is 1. The number of carbonyl (C=O) groups is 1. The maximum absolute atomic E-state index is 12.7. The van der Waals surface area contributed by atoms with E-state index in [-0.39, 0.29) is 24.7 Å². The highest BCUT2D eigenvalue weighted by Gasteiger charge is 2.42. The van der Waals surface area contributed by atoms with Crippen LogP contribution in [0.4, 0.5) is 5.69 Å². The van der Waals surface area contributed by atoms with Crippen molar-refractivity contribution in [3.8, 4) is 5.75 Å². The quantitative estimate of drug-likeness (QED) is 0.520. The van der Waals surface area contributed by atoms with Crippen LogP contribution in [0.2, 0.25) is 0 Å². The summed E-state index contributed by atoms with van der Waals surface area (Å²) < 4.78 is 12.0. The highest BCUT2D eigenvalue weighted by Crippen LogP contribution is 2.36. The summed E-state index contributed by atoms with van der Waals surface area (Å²) in [5.74, 6) is 0.562. The first-order valence-electron chi connectivity index (χ1n) is 10.4. The minimum Gasteiger partial charge on any atom is -0.496 e. The van der Waals surface area contributed by atoms with Crippen LogP contribution in [-0.2, 0) is 9.53 Å². The summed E-state index contributed by atoms with van der Waals surface area (Å²) in [6, 6.07) is 24.4. The molecule has 3 aromatic rings. The molecule has 4 rings (SSSR count). The lowest BCUT2D eigenvalue weighted by Crippen LogP contribution is -3.15. The molecule has 0 saturated carbocycles. The SMILES string of the molecule is CCOC(=O)C[NH+]1[C@@H](c2ccccc2)c2cc(Br)ccc2N[C@H]1c1ccccc1OC. The molecule has 0 radical (unpaired) electrons. The van der Waals surface area contributed by atoms with E-state index in [4.69, 9.17) is 9.47 Å². The molecule has 5 nitrogen and oxygen atoms in total. The zero-order chi connectivity index (χ0) is 21.8. The Morgan fingerprint density at radius 1 is 1.03 bits per heavy atom. The van der Waals surface area contributed by atoms with Crippen molar-refractivity contribution in [1.82, 2.24) is 0 Å². The third-order valence-corrected chi connectivity index (χ3v) is 6.10. The van der Waals surface area contributed by atoms with Crippen LogP contribution in [0.5, 0.6) is 5.75 Å². The van der Waals surface area contributed by atoms with Crippen molar-refractivity contribution >= 4 is 27.6 Å². The Bertz CT molecular complexity index is 1060. The van der Waals surface area contributed by atoms with Crippen LogP contribution >= 0.6 is 15.9 Å². The molecule has 1 heterocycles. The highest BCUT2D eigenvalue weighted by atomic mass is 79.9. The largest absolute Gasteiger partial charge is 0.496 e. The van der Waals surface area contributed by atoms with Crippen LogP contribution in [-0.4, -0.2) is 26.2 Å². The van der Waals surface area contributed by atoms with Crippen LogP contribution in [0, 0.1) is 0 Å². The maximum Gasteiger partial charge on any atom is 0.361 e. The number of para-hydroxylation sites is 1. The van der Waals surface area contributed by atoms with Crippen molar-refractivity contribution in [1.29, 1.82) is 0 Å². The van der Waals surface area contributed by atoms with Crippen LogP contribution in [0.1, 0.15) is 35.8 Å². The fourth-order valence-corrected chi connectivity index (χ4v) is 4.70. The number of hydrogen-bond donors (Lipinski definition) is 2. The zero-order valence-corrected chi connectivity index (χ0v) is 19.2. The van der Waals surface area contributed by atoms with Crippen molar-refractivity contribution in [3.05, 3.63) is 94.0 Å². The molecule has 0 amide bonds. The fourth-order valence-electron chi connectivity index (χ4n) is 4.32. The number of esters is 1. The summed E-state index contributed by atoms with van der Waals surface area (Å²) in [4.78, 5) is 13.7. The predicted molar refractivity (Wildman–Crippen MR) is 124 cm³/mol. The minimum atomic E-state index is -0.224. The van der Waals surface area contributed by atoms with E-state index in [0.29, 0.717) is 6.61 Å². The third kappa shape index (κ3) is 4.45. The molecule has 2 N–H and O–H groups in total. The van der Waals surface area contributed by atoms with E-state index in [0.717, 1.165) is 37.5 Å². The average molecular weight is 482 g/mol. The van der Waals surface area contributed by atoms with Crippen molar-refractivity contribution in [2.24, 2.45) is 0 Å². The van der Waals surface area contributed by atoms with Gasteiger partial charge in [-0.05, 0) is 37.3 Å². The molecule has 0 saturated heterocycles. The minimum absolute atomic E-state index is 0.0609. The van der Waals surface area contributed by atoms with Crippen molar-refractivity contribution in [3.63, 3.8) is 0 Å².